The first-order valence-corrected chi connectivity index (χ1v) is 20.4. The van der Waals surface area contributed by atoms with E-state index in [1.807, 2.05) is 6.07 Å². The first kappa shape index (κ1) is 29.0. The van der Waals surface area contributed by atoms with E-state index in [1.54, 1.807) is 28.6 Å². The Hall–Kier alpha value is -2.52. The van der Waals surface area contributed by atoms with Crippen LogP contribution in [0.25, 0.3) is 16.7 Å². The van der Waals surface area contributed by atoms with E-state index in [2.05, 4.69) is 122 Å². The molecule has 3 aromatic rings. The van der Waals surface area contributed by atoms with Crippen molar-refractivity contribution in [1.29, 1.82) is 0 Å². The number of benzene rings is 3. The van der Waals surface area contributed by atoms with Gasteiger partial charge in [-0.05, 0) is 0 Å². The van der Waals surface area contributed by atoms with Crippen molar-refractivity contribution in [2.75, 3.05) is 14.2 Å². The van der Waals surface area contributed by atoms with E-state index in [1.165, 1.54) is 27.8 Å². The molecule has 0 heterocycles. The van der Waals surface area contributed by atoms with Crippen molar-refractivity contribution >= 4 is 8.83 Å². The van der Waals surface area contributed by atoms with Crippen LogP contribution in [0.4, 0.5) is 0 Å². The molecule has 0 amide bonds. The van der Waals surface area contributed by atoms with Crippen LogP contribution in [0.3, 0.4) is 0 Å². The van der Waals surface area contributed by atoms with Gasteiger partial charge in [0, 0.05) is 0 Å². The third-order valence-corrected chi connectivity index (χ3v) is 21.4. The summed E-state index contributed by atoms with van der Waals surface area (Å²) < 4.78 is 14.2. The predicted octanol–water partition coefficient (Wildman–Crippen LogP) is 9.64. The molecule has 0 saturated heterocycles. The van der Waals surface area contributed by atoms with Crippen molar-refractivity contribution in [3.8, 4) is 22.6 Å². The van der Waals surface area contributed by atoms with Gasteiger partial charge in [0.15, 0.2) is 0 Å². The Morgan fingerprint density at radius 1 is 0.725 bits per heavy atom. The topological polar surface area (TPSA) is 18.5 Å². The van der Waals surface area contributed by atoms with Gasteiger partial charge in [0.25, 0.3) is 0 Å². The Balaban J connectivity index is 1.74. The molecule has 1 atom stereocenters. The molecule has 1 unspecified atom stereocenters. The van der Waals surface area contributed by atoms with Crippen molar-refractivity contribution < 1.29 is 30.4 Å². The second kappa shape index (κ2) is 10.7. The summed E-state index contributed by atoms with van der Waals surface area (Å²) in [5.41, 5.74) is 11.6. The summed E-state index contributed by atoms with van der Waals surface area (Å²) in [4.78, 5) is 0. The van der Waals surface area contributed by atoms with Gasteiger partial charge < -0.3 is 0 Å². The molecule has 208 valence electrons. The van der Waals surface area contributed by atoms with Crippen LogP contribution in [0.1, 0.15) is 86.9 Å². The van der Waals surface area contributed by atoms with Crippen LogP contribution in [-0.4, -0.2) is 17.5 Å². The normalized spacial score (nSPS) is 16.4. The summed E-state index contributed by atoms with van der Waals surface area (Å²) in [6.07, 6.45) is 7.09. The number of allylic oxidation sites excluding steroid dienone is 4. The fourth-order valence-electron chi connectivity index (χ4n) is 6.43. The van der Waals surface area contributed by atoms with Crippen LogP contribution >= 0.6 is 0 Å². The van der Waals surface area contributed by atoms with E-state index in [0.717, 1.165) is 17.1 Å². The number of para-hydroxylation sites is 1. The third-order valence-electron chi connectivity index (χ3n) is 8.60. The second-order valence-corrected chi connectivity index (χ2v) is 24.7. The van der Waals surface area contributed by atoms with Crippen LogP contribution in [0, 0.1) is 0 Å². The van der Waals surface area contributed by atoms with Crippen molar-refractivity contribution in [2.45, 2.75) is 73.6 Å². The van der Waals surface area contributed by atoms with Crippen molar-refractivity contribution in [3.63, 3.8) is 0 Å². The summed E-state index contributed by atoms with van der Waals surface area (Å²) in [7, 11) is 3.47. The van der Waals surface area contributed by atoms with E-state index in [0.29, 0.717) is 7.35 Å². The number of rotatable bonds is 5. The molecule has 0 spiro atoms. The van der Waals surface area contributed by atoms with Gasteiger partial charge in [-0.3, -0.25) is 0 Å². The number of methoxy groups -OCH3 is 2. The molecule has 0 saturated carbocycles. The number of fused-ring (bicyclic) bond motifs is 3. The molecule has 2 nitrogen and oxygen atoms in total. The van der Waals surface area contributed by atoms with Gasteiger partial charge in [-0.15, -0.1) is 0 Å². The second-order valence-electron chi connectivity index (χ2n) is 13.5. The van der Waals surface area contributed by atoms with E-state index in [9.17, 15) is 0 Å². The molecule has 0 fully saturated rings. The Bertz CT molecular complexity index is 1490. The van der Waals surface area contributed by atoms with E-state index >= 15 is 0 Å². The SMILES string of the molecule is COc1cccc(C2=CC=C[CH]2[Hf](=[C](C)C)[CH]2c3cc(C(C)(C)C)ccc3-c3ccc(C(C)(C)C)cc32)c1OC. The summed E-state index contributed by atoms with van der Waals surface area (Å²) in [6, 6.07) is 20.9. The average Bonchev–Trinajstić information content (AvgIpc) is 3.50. The molecule has 2 aliphatic rings. The third kappa shape index (κ3) is 5.04. The predicted molar refractivity (Wildman–Crippen MR) is 168 cm³/mol. The van der Waals surface area contributed by atoms with Gasteiger partial charge in [-0.2, -0.15) is 0 Å². The Morgan fingerprint density at radius 3 is 1.77 bits per heavy atom. The monoisotopic (exact) mass is 700 g/mol. The summed E-state index contributed by atoms with van der Waals surface area (Å²) in [5, 5.41) is 0. The molecule has 5 rings (SSSR count). The molecule has 0 aliphatic heterocycles. The summed E-state index contributed by atoms with van der Waals surface area (Å²) in [5.74, 6) is 1.62. The van der Waals surface area contributed by atoms with Gasteiger partial charge in [0.2, 0.25) is 0 Å². The quantitative estimate of drug-likeness (QED) is 0.247. The number of ether oxygens (including phenoxy) is 2. The standard InChI is InChI=1S/C21H25.C13H13O2.C3H6.Hf/c1-20(2,3)16-7-9-18-14(12-16)11-15-13-17(21(4,5)6)8-10-19(15)18;1-14-12-9-5-8-11(13(12)15-2)10-6-3-4-7-10;1-3-2;/h7-13H,1-6H3;3-9H,1-2H3;1-2H3;. The molecule has 0 bridgehead atoms. The first-order valence-electron chi connectivity index (χ1n) is 14.4. The van der Waals surface area contributed by atoms with Crippen LogP contribution in [-0.2, 0) is 31.8 Å². The molecule has 3 heteroatoms. The zero-order valence-electron chi connectivity index (χ0n) is 25.9. The number of hydrogen-bond acceptors (Lipinski definition) is 2. The molecule has 0 N–H and O–H groups in total. The van der Waals surface area contributed by atoms with Crippen LogP contribution in [0.15, 0.2) is 72.8 Å². The van der Waals surface area contributed by atoms with Gasteiger partial charge in [0.1, 0.15) is 0 Å². The summed E-state index contributed by atoms with van der Waals surface area (Å²) >= 11 is -2.69. The first-order chi connectivity index (χ1) is 18.9. The van der Waals surface area contributed by atoms with Crippen molar-refractivity contribution in [3.05, 3.63) is 101 Å². The zero-order chi connectivity index (χ0) is 29.0. The van der Waals surface area contributed by atoms with Crippen LogP contribution in [0.2, 0.25) is 3.67 Å². The molecule has 40 heavy (non-hydrogen) atoms. The maximum atomic E-state index is 5.94. The molecule has 2 aliphatic carbocycles. The maximum absolute atomic E-state index is 5.94. The van der Waals surface area contributed by atoms with Gasteiger partial charge >= 0.3 is 250 Å². The van der Waals surface area contributed by atoms with Gasteiger partial charge in [0.05, 0.1) is 0 Å². The van der Waals surface area contributed by atoms with Gasteiger partial charge in [-0.25, -0.2) is 0 Å². The molecule has 0 aromatic heterocycles. The van der Waals surface area contributed by atoms with Crippen LogP contribution < -0.4 is 9.47 Å². The molecular weight excluding hydrogens is 655 g/mol. The molecule has 0 radical (unpaired) electrons. The minimum atomic E-state index is -2.69. The number of hydrogen-bond donors (Lipinski definition) is 0. The van der Waals surface area contributed by atoms with E-state index in [4.69, 9.17) is 9.47 Å². The zero-order valence-corrected chi connectivity index (χ0v) is 29.5. The van der Waals surface area contributed by atoms with Crippen molar-refractivity contribution in [2.24, 2.45) is 0 Å². The fourth-order valence-corrected chi connectivity index (χ4v) is 19.4. The molecule has 3 aromatic carbocycles. The fraction of sp³-hybridized carbons (Fsp3) is 0.378. The van der Waals surface area contributed by atoms with E-state index in [-0.39, 0.29) is 10.8 Å². The summed E-state index contributed by atoms with van der Waals surface area (Å²) in [6.45, 7) is 18.8. The average molecular weight is 699 g/mol. The Labute approximate surface area is 249 Å². The van der Waals surface area contributed by atoms with Crippen molar-refractivity contribution in [1.82, 2.24) is 0 Å². The van der Waals surface area contributed by atoms with E-state index < -0.39 is 21.0 Å². The Morgan fingerprint density at radius 2 is 1.30 bits per heavy atom. The minimum absolute atomic E-state index is 0.105. The molecular formula is C37H44HfO2. The van der Waals surface area contributed by atoms with Crippen LogP contribution in [0.5, 0.6) is 11.5 Å². The van der Waals surface area contributed by atoms with Gasteiger partial charge in [-0.1, -0.05) is 0 Å². The Kier molecular flexibility index (Phi) is 7.76.